The van der Waals surface area contributed by atoms with E-state index in [2.05, 4.69) is 6.92 Å². The highest BCUT2D eigenvalue weighted by atomic mass is 32.2. The number of carbonyl (C=O) groups excluding carboxylic acids is 2. The molecule has 2 amide bonds. The van der Waals surface area contributed by atoms with Crippen molar-refractivity contribution in [1.82, 2.24) is 14.1 Å². The van der Waals surface area contributed by atoms with Crippen molar-refractivity contribution in [2.75, 3.05) is 52.5 Å². The van der Waals surface area contributed by atoms with Gasteiger partial charge < -0.3 is 14.5 Å². The largest absolute Gasteiger partial charge is 0.379 e. The quantitative estimate of drug-likeness (QED) is 0.592. The van der Waals surface area contributed by atoms with Gasteiger partial charge in [0.2, 0.25) is 21.8 Å². The molecule has 3 saturated heterocycles. The number of sulfonamides is 1. The molecule has 4 rings (SSSR count). The Balaban J connectivity index is 1.28. The maximum absolute atomic E-state index is 12.8. The first-order chi connectivity index (χ1) is 16.3. The summed E-state index contributed by atoms with van der Waals surface area (Å²) in [7, 11) is -3.53. The van der Waals surface area contributed by atoms with E-state index in [4.69, 9.17) is 4.74 Å². The summed E-state index contributed by atoms with van der Waals surface area (Å²) >= 11 is 0. The Hall–Kier alpha value is -2.23. The summed E-state index contributed by atoms with van der Waals surface area (Å²) in [5.41, 5.74) is 0.763. The molecule has 3 heterocycles. The summed E-state index contributed by atoms with van der Waals surface area (Å²) in [6.45, 7) is 6.61. The molecule has 0 radical (unpaired) electrons. The van der Waals surface area contributed by atoms with Crippen LogP contribution in [0.15, 0.2) is 35.2 Å². The van der Waals surface area contributed by atoms with Gasteiger partial charge in [-0.15, -0.1) is 0 Å². The summed E-state index contributed by atoms with van der Waals surface area (Å²) in [5.74, 6) is 0.751. The fraction of sp³-hybridized carbons (Fsp3) is 0.600. The number of carbonyl (C=O) groups is 2. The third-order valence-corrected chi connectivity index (χ3v) is 8.94. The lowest BCUT2D eigenvalue weighted by molar-refractivity contribution is -0.140. The molecular formula is C25H35N3O5S. The minimum absolute atomic E-state index is 0.0132. The lowest BCUT2D eigenvalue weighted by atomic mass is 9.92. The summed E-state index contributed by atoms with van der Waals surface area (Å²) in [5, 5.41) is 0. The van der Waals surface area contributed by atoms with Gasteiger partial charge in [0.15, 0.2) is 0 Å². The fourth-order valence-electron chi connectivity index (χ4n) is 4.95. The molecule has 0 N–H and O–H groups in total. The lowest BCUT2D eigenvalue weighted by Gasteiger charge is -2.37. The average Bonchev–Trinajstić information content (AvgIpc) is 2.87. The van der Waals surface area contributed by atoms with Crippen molar-refractivity contribution in [3.05, 3.63) is 35.9 Å². The van der Waals surface area contributed by atoms with Crippen molar-refractivity contribution in [2.45, 2.75) is 37.5 Å². The highest BCUT2D eigenvalue weighted by molar-refractivity contribution is 7.89. The van der Waals surface area contributed by atoms with Gasteiger partial charge in [0.25, 0.3) is 0 Å². The summed E-state index contributed by atoms with van der Waals surface area (Å²) in [4.78, 5) is 29.5. The maximum atomic E-state index is 12.8. The third-order valence-electron chi connectivity index (χ3n) is 7.03. The fourth-order valence-corrected chi connectivity index (χ4v) is 6.36. The standard InChI is InChI=1S/C25H35N3O5S/c1-20-3-2-12-27(19-20)25(30)22-10-13-26(14-11-22)24(29)9-6-21-4-7-23(8-5-21)34(31,32)28-15-17-33-18-16-28/h4-9,20,22H,2-3,10-19H2,1H3. The molecule has 0 saturated carbocycles. The first kappa shape index (κ1) is 24.9. The van der Waals surface area contributed by atoms with Gasteiger partial charge in [0.1, 0.15) is 0 Å². The van der Waals surface area contributed by atoms with Crippen LogP contribution < -0.4 is 0 Å². The van der Waals surface area contributed by atoms with Gasteiger partial charge in [0.05, 0.1) is 18.1 Å². The Labute approximate surface area is 202 Å². The molecule has 0 aliphatic carbocycles. The molecule has 9 heteroatoms. The molecule has 3 aliphatic heterocycles. The number of nitrogens with zero attached hydrogens (tertiary/aromatic N) is 3. The minimum atomic E-state index is -3.53. The van der Waals surface area contributed by atoms with E-state index >= 15 is 0 Å². The molecule has 0 aromatic heterocycles. The molecule has 0 spiro atoms. The molecule has 3 aliphatic rings. The molecule has 1 atom stereocenters. The number of morpholine rings is 1. The van der Waals surface area contributed by atoms with Gasteiger partial charge >= 0.3 is 0 Å². The van der Waals surface area contributed by atoms with E-state index in [9.17, 15) is 18.0 Å². The molecule has 1 aromatic rings. The second-order valence-electron chi connectivity index (χ2n) is 9.55. The number of ether oxygens (including phenoxy) is 1. The van der Waals surface area contributed by atoms with E-state index in [-0.39, 0.29) is 22.6 Å². The van der Waals surface area contributed by atoms with Crippen molar-refractivity contribution in [3.8, 4) is 0 Å². The van der Waals surface area contributed by atoms with Gasteiger partial charge in [-0.05, 0) is 55.4 Å². The molecular weight excluding hydrogens is 454 g/mol. The predicted molar refractivity (Wildman–Crippen MR) is 129 cm³/mol. The highest BCUT2D eigenvalue weighted by Crippen LogP contribution is 2.24. The van der Waals surface area contributed by atoms with E-state index in [1.807, 2.05) is 4.90 Å². The second kappa shape index (κ2) is 11.0. The van der Waals surface area contributed by atoms with E-state index in [0.717, 1.165) is 25.1 Å². The van der Waals surface area contributed by atoms with E-state index in [1.165, 1.54) is 16.8 Å². The van der Waals surface area contributed by atoms with Crippen molar-refractivity contribution < 1.29 is 22.7 Å². The van der Waals surface area contributed by atoms with Crippen molar-refractivity contribution in [3.63, 3.8) is 0 Å². The van der Waals surface area contributed by atoms with E-state index in [0.29, 0.717) is 58.2 Å². The van der Waals surface area contributed by atoms with Crippen LogP contribution in [0.4, 0.5) is 0 Å². The number of amides is 2. The number of likely N-dealkylation sites (tertiary alicyclic amines) is 2. The Bertz CT molecular complexity index is 994. The first-order valence-corrected chi connectivity index (χ1v) is 13.7. The zero-order valence-electron chi connectivity index (χ0n) is 19.9. The zero-order valence-corrected chi connectivity index (χ0v) is 20.7. The van der Waals surface area contributed by atoms with Crippen molar-refractivity contribution in [1.29, 1.82) is 0 Å². The lowest BCUT2D eigenvalue weighted by Crippen LogP contribution is -2.46. The molecule has 0 bridgehead atoms. The van der Waals surface area contributed by atoms with Crippen LogP contribution in [0.25, 0.3) is 6.08 Å². The SMILES string of the molecule is CC1CCCN(C(=O)C2CCN(C(=O)C=Cc3ccc(S(=O)(=O)N4CCOCC4)cc3)CC2)C1. The predicted octanol–water partition coefficient (Wildman–Crippen LogP) is 2.22. The van der Waals surface area contributed by atoms with Gasteiger partial charge in [-0.3, -0.25) is 9.59 Å². The highest BCUT2D eigenvalue weighted by Gasteiger charge is 2.31. The van der Waals surface area contributed by atoms with Gasteiger partial charge in [-0.1, -0.05) is 19.1 Å². The first-order valence-electron chi connectivity index (χ1n) is 12.3. The normalized spacial score (nSPS) is 23.4. The summed E-state index contributed by atoms with van der Waals surface area (Å²) in [6.07, 6.45) is 6.92. The Morgan fingerprint density at radius 2 is 1.62 bits per heavy atom. The molecule has 186 valence electrons. The van der Waals surface area contributed by atoms with Crippen LogP contribution in [0, 0.1) is 11.8 Å². The van der Waals surface area contributed by atoms with Crippen LogP contribution in [-0.2, 0) is 24.3 Å². The van der Waals surface area contributed by atoms with E-state index < -0.39 is 10.0 Å². The zero-order chi connectivity index (χ0) is 24.1. The molecule has 1 unspecified atom stereocenters. The maximum Gasteiger partial charge on any atom is 0.246 e. The van der Waals surface area contributed by atoms with Gasteiger partial charge in [-0.2, -0.15) is 4.31 Å². The number of piperidine rings is 2. The van der Waals surface area contributed by atoms with Crippen LogP contribution in [0.5, 0.6) is 0 Å². The summed E-state index contributed by atoms with van der Waals surface area (Å²) in [6, 6.07) is 6.57. The average molecular weight is 490 g/mol. The van der Waals surface area contributed by atoms with Crippen LogP contribution in [0.1, 0.15) is 38.2 Å². The van der Waals surface area contributed by atoms with Crippen LogP contribution in [-0.4, -0.2) is 86.8 Å². The molecule has 1 aromatic carbocycles. The van der Waals surface area contributed by atoms with Crippen molar-refractivity contribution in [2.24, 2.45) is 11.8 Å². The van der Waals surface area contributed by atoms with Crippen LogP contribution >= 0.6 is 0 Å². The summed E-state index contributed by atoms with van der Waals surface area (Å²) < 4.78 is 32.1. The smallest absolute Gasteiger partial charge is 0.246 e. The van der Waals surface area contributed by atoms with Crippen LogP contribution in [0.2, 0.25) is 0 Å². The van der Waals surface area contributed by atoms with Crippen molar-refractivity contribution >= 4 is 27.9 Å². The Kier molecular flexibility index (Phi) is 8.06. The molecule has 3 fully saturated rings. The molecule has 34 heavy (non-hydrogen) atoms. The van der Waals surface area contributed by atoms with Crippen LogP contribution in [0.3, 0.4) is 0 Å². The third kappa shape index (κ3) is 5.87. The number of hydrogen-bond donors (Lipinski definition) is 0. The molecule has 8 nitrogen and oxygen atoms in total. The monoisotopic (exact) mass is 489 g/mol. The number of rotatable bonds is 5. The van der Waals surface area contributed by atoms with Gasteiger partial charge in [0, 0.05) is 51.3 Å². The number of benzene rings is 1. The Morgan fingerprint density at radius 1 is 0.941 bits per heavy atom. The topological polar surface area (TPSA) is 87.2 Å². The second-order valence-corrected chi connectivity index (χ2v) is 11.5. The van der Waals surface area contributed by atoms with E-state index in [1.54, 1.807) is 35.2 Å². The minimum Gasteiger partial charge on any atom is -0.379 e. The number of hydrogen-bond acceptors (Lipinski definition) is 5. The Morgan fingerprint density at radius 3 is 2.26 bits per heavy atom. The van der Waals surface area contributed by atoms with Gasteiger partial charge in [-0.25, -0.2) is 8.42 Å².